The molecule has 0 saturated carbocycles. The lowest BCUT2D eigenvalue weighted by atomic mass is 9.75. The highest BCUT2D eigenvalue weighted by Crippen LogP contribution is 2.33. The van der Waals surface area contributed by atoms with Gasteiger partial charge < -0.3 is 15.0 Å². The SMILES string of the molecule is CC1CNCCC1C1CN(C(=O)OC(C)(C)C)C1. The van der Waals surface area contributed by atoms with Crippen LogP contribution in [0.4, 0.5) is 4.79 Å². The van der Waals surface area contributed by atoms with Crippen LogP contribution in [0.25, 0.3) is 0 Å². The number of likely N-dealkylation sites (tertiary alicyclic amines) is 1. The van der Waals surface area contributed by atoms with Crippen molar-refractivity contribution in [3.63, 3.8) is 0 Å². The predicted octanol–water partition coefficient (Wildman–Crippen LogP) is 2.10. The second kappa shape index (κ2) is 5.08. The normalized spacial score (nSPS) is 29.9. The first-order valence-electron chi connectivity index (χ1n) is 7.05. The van der Waals surface area contributed by atoms with Gasteiger partial charge in [-0.3, -0.25) is 0 Å². The molecule has 2 unspecified atom stereocenters. The summed E-state index contributed by atoms with van der Waals surface area (Å²) < 4.78 is 5.38. The number of ether oxygens (including phenoxy) is 1. The monoisotopic (exact) mass is 254 g/mol. The highest BCUT2D eigenvalue weighted by atomic mass is 16.6. The molecule has 104 valence electrons. The van der Waals surface area contributed by atoms with Crippen molar-refractivity contribution in [2.75, 3.05) is 26.2 Å². The second-order valence-electron chi connectivity index (χ2n) is 6.78. The lowest BCUT2D eigenvalue weighted by Gasteiger charge is -2.46. The van der Waals surface area contributed by atoms with Crippen LogP contribution in [0.3, 0.4) is 0 Å². The first-order valence-corrected chi connectivity index (χ1v) is 7.05. The predicted molar refractivity (Wildman–Crippen MR) is 71.4 cm³/mol. The molecule has 2 saturated heterocycles. The summed E-state index contributed by atoms with van der Waals surface area (Å²) in [6.07, 6.45) is 1.09. The van der Waals surface area contributed by atoms with Crippen molar-refractivity contribution in [3.8, 4) is 0 Å². The second-order valence-corrected chi connectivity index (χ2v) is 6.78. The molecule has 2 aliphatic heterocycles. The third kappa shape index (κ3) is 3.16. The zero-order valence-corrected chi connectivity index (χ0v) is 12.0. The molecule has 1 N–H and O–H groups in total. The van der Waals surface area contributed by atoms with Gasteiger partial charge in [-0.15, -0.1) is 0 Å². The van der Waals surface area contributed by atoms with Crippen molar-refractivity contribution < 1.29 is 9.53 Å². The summed E-state index contributed by atoms with van der Waals surface area (Å²) in [5, 5.41) is 3.43. The Morgan fingerprint density at radius 1 is 1.33 bits per heavy atom. The van der Waals surface area contributed by atoms with E-state index in [2.05, 4.69) is 12.2 Å². The lowest BCUT2D eigenvalue weighted by molar-refractivity contribution is -0.0198. The van der Waals surface area contributed by atoms with E-state index in [0.29, 0.717) is 5.92 Å². The molecule has 4 heteroatoms. The number of hydrogen-bond acceptors (Lipinski definition) is 3. The lowest BCUT2D eigenvalue weighted by Crippen LogP contribution is -2.56. The van der Waals surface area contributed by atoms with Crippen LogP contribution in [0.2, 0.25) is 0 Å². The van der Waals surface area contributed by atoms with Crippen LogP contribution in [-0.4, -0.2) is 42.8 Å². The van der Waals surface area contributed by atoms with E-state index in [-0.39, 0.29) is 11.7 Å². The van der Waals surface area contributed by atoms with Gasteiger partial charge in [-0.05, 0) is 58.0 Å². The molecule has 18 heavy (non-hydrogen) atoms. The Morgan fingerprint density at radius 2 is 2.00 bits per heavy atom. The van der Waals surface area contributed by atoms with E-state index < -0.39 is 0 Å². The van der Waals surface area contributed by atoms with Crippen LogP contribution in [-0.2, 0) is 4.74 Å². The minimum absolute atomic E-state index is 0.152. The Hall–Kier alpha value is -0.770. The summed E-state index contributed by atoms with van der Waals surface area (Å²) in [6.45, 7) is 12.1. The molecule has 1 amide bonds. The molecule has 0 bridgehead atoms. The van der Waals surface area contributed by atoms with Crippen molar-refractivity contribution >= 4 is 6.09 Å². The van der Waals surface area contributed by atoms with Crippen molar-refractivity contribution in [3.05, 3.63) is 0 Å². The van der Waals surface area contributed by atoms with Gasteiger partial charge in [-0.2, -0.15) is 0 Å². The molecule has 0 radical (unpaired) electrons. The fourth-order valence-corrected chi connectivity index (χ4v) is 2.99. The van der Waals surface area contributed by atoms with Gasteiger partial charge in [-0.25, -0.2) is 4.79 Å². The van der Waals surface area contributed by atoms with E-state index in [4.69, 9.17) is 4.74 Å². The zero-order valence-electron chi connectivity index (χ0n) is 12.0. The number of rotatable bonds is 1. The molecule has 0 aromatic carbocycles. The number of carbonyl (C=O) groups excluding carboxylic acids is 1. The average Bonchev–Trinajstić information content (AvgIpc) is 2.15. The fraction of sp³-hybridized carbons (Fsp3) is 0.929. The van der Waals surface area contributed by atoms with E-state index >= 15 is 0 Å². The summed E-state index contributed by atoms with van der Waals surface area (Å²) in [4.78, 5) is 13.7. The maximum absolute atomic E-state index is 11.8. The van der Waals surface area contributed by atoms with Gasteiger partial charge in [0.05, 0.1) is 0 Å². The summed E-state index contributed by atoms with van der Waals surface area (Å²) in [5.41, 5.74) is -0.385. The molecule has 4 nitrogen and oxygen atoms in total. The molecule has 0 aromatic rings. The Kier molecular flexibility index (Phi) is 3.85. The number of hydrogen-bond donors (Lipinski definition) is 1. The number of amides is 1. The number of piperidine rings is 1. The van der Waals surface area contributed by atoms with Gasteiger partial charge in [0.15, 0.2) is 0 Å². The van der Waals surface area contributed by atoms with E-state index in [0.717, 1.165) is 38.0 Å². The van der Waals surface area contributed by atoms with Gasteiger partial charge >= 0.3 is 6.09 Å². The standard InChI is InChI=1S/C14H26N2O2/c1-10-7-15-6-5-12(10)11-8-16(9-11)13(17)18-14(2,3)4/h10-12,15H,5-9H2,1-4H3. The van der Waals surface area contributed by atoms with Crippen molar-refractivity contribution in [1.29, 1.82) is 0 Å². The quantitative estimate of drug-likeness (QED) is 0.779. The van der Waals surface area contributed by atoms with E-state index in [1.165, 1.54) is 6.42 Å². The number of nitrogens with zero attached hydrogens (tertiary/aromatic N) is 1. The minimum atomic E-state index is -0.385. The molecule has 2 rings (SSSR count). The summed E-state index contributed by atoms with van der Waals surface area (Å²) in [6, 6.07) is 0. The van der Waals surface area contributed by atoms with Crippen molar-refractivity contribution in [2.45, 2.75) is 39.7 Å². The highest BCUT2D eigenvalue weighted by Gasteiger charge is 2.40. The molecule has 0 aromatic heterocycles. The van der Waals surface area contributed by atoms with Crippen LogP contribution in [0.1, 0.15) is 34.1 Å². The van der Waals surface area contributed by atoms with Crippen LogP contribution < -0.4 is 5.32 Å². The Bertz CT molecular complexity index is 305. The third-order valence-corrected chi connectivity index (χ3v) is 4.02. The topological polar surface area (TPSA) is 41.6 Å². The van der Waals surface area contributed by atoms with Gasteiger partial charge in [0.2, 0.25) is 0 Å². The van der Waals surface area contributed by atoms with Crippen molar-refractivity contribution in [2.24, 2.45) is 17.8 Å². The third-order valence-electron chi connectivity index (χ3n) is 4.02. The van der Waals surface area contributed by atoms with Crippen LogP contribution in [0, 0.1) is 17.8 Å². The average molecular weight is 254 g/mol. The zero-order chi connectivity index (χ0) is 13.3. The maximum Gasteiger partial charge on any atom is 0.410 e. The fourth-order valence-electron chi connectivity index (χ4n) is 2.99. The van der Waals surface area contributed by atoms with E-state index in [9.17, 15) is 4.79 Å². The summed E-state index contributed by atoms with van der Waals surface area (Å²) in [5.74, 6) is 2.17. The molecule has 2 heterocycles. The first kappa shape index (κ1) is 13.7. The van der Waals surface area contributed by atoms with Gasteiger partial charge in [0.1, 0.15) is 5.60 Å². The van der Waals surface area contributed by atoms with E-state index in [1.807, 2.05) is 25.7 Å². The number of nitrogens with one attached hydrogen (secondary N) is 1. The molecular weight excluding hydrogens is 228 g/mol. The van der Waals surface area contributed by atoms with Gasteiger partial charge in [0.25, 0.3) is 0 Å². The summed E-state index contributed by atoms with van der Waals surface area (Å²) in [7, 11) is 0. The molecule has 2 fully saturated rings. The molecule has 2 aliphatic rings. The van der Waals surface area contributed by atoms with Crippen LogP contribution in [0.5, 0.6) is 0 Å². The Morgan fingerprint density at radius 3 is 2.56 bits per heavy atom. The Balaban J connectivity index is 1.78. The molecule has 2 atom stereocenters. The minimum Gasteiger partial charge on any atom is -0.444 e. The van der Waals surface area contributed by atoms with Crippen molar-refractivity contribution in [1.82, 2.24) is 10.2 Å². The largest absolute Gasteiger partial charge is 0.444 e. The summed E-state index contributed by atoms with van der Waals surface area (Å²) >= 11 is 0. The number of carbonyl (C=O) groups is 1. The molecule has 0 aliphatic carbocycles. The molecular formula is C14H26N2O2. The Labute approximate surface area is 110 Å². The van der Waals surface area contributed by atoms with Gasteiger partial charge in [-0.1, -0.05) is 6.92 Å². The molecule has 0 spiro atoms. The van der Waals surface area contributed by atoms with Gasteiger partial charge in [0, 0.05) is 13.1 Å². The first-order chi connectivity index (χ1) is 8.37. The van der Waals surface area contributed by atoms with Crippen LogP contribution in [0.15, 0.2) is 0 Å². The highest BCUT2D eigenvalue weighted by molar-refractivity contribution is 5.69. The maximum atomic E-state index is 11.8. The van der Waals surface area contributed by atoms with E-state index in [1.54, 1.807) is 0 Å². The van der Waals surface area contributed by atoms with Crippen LogP contribution >= 0.6 is 0 Å². The smallest absolute Gasteiger partial charge is 0.410 e.